The van der Waals surface area contributed by atoms with Crippen molar-refractivity contribution in [2.75, 3.05) is 13.2 Å². The van der Waals surface area contributed by atoms with E-state index in [1.807, 2.05) is 0 Å². The average molecular weight is 185 g/mol. The molecule has 1 aliphatic rings. The molecule has 1 rings (SSSR count). The highest BCUT2D eigenvalue weighted by Gasteiger charge is 2.39. The van der Waals surface area contributed by atoms with Gasteiger partial charge in [-0.1, -0.05) is 26.2 Å². The van der Waals surface area contributed by atoms with Crippen LogP contribution in [-0.2, 0) is 4.74 Å². The second-order valence-corrected chi connectivity index (χ2v) is 4.05. The lowest BCUT2D eigenvalue weighted by atomic mass is 9.74. The molecule has 0 aliphatic heterocycles. The average Bonchev–Trinajstić information content (AvgIpc) is 2.19. The van der Waals surface area contributed by atoms with E-state index >= 15 is 0 Å². The molecule has 2 N–H and O–H groups in total. The highest BCUT2D eigenvalue weighted by atomic mass is 16.5. The summed E-state index contributed by atoms with van der Waals surface area (Å²) in [6.07, 6.45) is 6.31. The summed E-state index contributed by atoms with van der Waals surface area (Å²) < 4.78 is 5.90. The minimum Gasteiger partial charge on any atom is -0.374 e. The molecule has 2 heteroatoms. The van der Waals surface area contributed by atoms with Gasteiger partial charge in [0.2, 0.25) is 0 Å². The SMILES string of the molecule is CCOC1(CN)CCCCC1CC. The molecule has 0 saturated heterocycles. The standard InChI is InChI=1S/C11H23NO/c1-3-10-7-5-6-8-11(10,9-12)13-4-2/h10H,3-9,12H2,1-2H3. The van der Waals surface area contributed by atoms with Crippen LogP contribution in [0.5, 0.6) is 0 Å². The summed E-state index contributed by atoms with van der Waals surface area (Å²) in [5, 5.41) is 0. The molecule has 0 aromatic rings. The fraction of sp³-hybridized carbons (Fsp3) is 1.00. The predicted octanol–water partition coefficient (Wildman–Crippen LogP) is 2.32. The van der Waals surface area contributed by atoms with E-state index in [4.69, 9.17) is 10.5 Å². The molecule has 0 spiro atoms. The van der Waals surface area contributed by atoms with Crippen molar-refractivity contribution in [2.45, 2.75) is 51.6 Å². The Morgan fingerprint density at radius 3 is 2.69 bits per heavy atom. The van der Waals surface area contributed by atoms with Crippen molar-refractivity contribution in [3.8, 4) is 0 Å². The Morgan fingerprint density at radius 2 is 2.15 bits per heavy atom. The normalized spacial score (nSPS) is 34.8. The maximum atomic E-state index is 5.90. The van der Waals surface area contributed by atoms with E-state index in [1.54, 1.807) is 0 Å². The summed E-state index contributed by atoms with van der Waals surface area (Å²) in [7, 11) is 0. The van der Waals surface area contributed by atoms with Crippen LogP contribution in [-0.4, -0.2) is 18.8 Å². The summed E-state index contributed by atoms with van der Waals surface area (Å²) in [5.74, 6) is 0.686. The quantitative estimate of drug-likeness (QED) is 0.729. The van der Waals surface area contributed by atoms with E-state index in [0.29, 0.717) is 12.5 Å². The third-order valence-electron chi connectivity index (χ3n) is 3.42. The van der Waals surface area contributed by atoms with Gasteiger partial charge in [0, 0.05) is 13.2 Å². The fourth-order valence-corrected chi connectivity index (χ4v) is 2.66. The van der Waals surface area contributed by atoms with Gasteiger partial charge in [-0.05, 0) is 25.7 Å². The van der Waals surface area contributed by atoms with Crippen molar-refractivity contribution in [1.29, 1.82) is 0 Å². The van der Waals surface area contributed by atoms with Crippen LogP contribution in [0.25, 0.3) is 0 Å². The van der Waals surface area contributed by atoms with Crippen LogP contribution in [0.1, 0.15) is 46.0 Å². The zero-order valence-electron chi connectivity index (χ0n) is 9.01. The summed E-state index contributed by atoms with van der Waals surface area (Å²) in [6, 6.07) is 0. The highest BCUT2D eigenvalue weighted by molar-refractivity contribution is 4.92. The Balaban J connectivity index is 2.66. The Hall–Kier alpha value is -0.0800. The molecule has 2 atom stereocenters. The summed E-state index contributed by atoms with van der Waals surface area (Å²) in [4.78, 5) is 0. The lowest BCUT2D eigenvalue weighted by Gasteiger charge is -2.43. The Bertz CT molecular complexity index is 145. The second kappa shape index (κ2) is 4.97. The molecule has 2 nitrogen and oxygen atoms in total. The molecule has 2 unspecified atom stereocenters. The molecule has 1 fully saturated rings. The third-order valence-corrected chi connectivity index (χ3v) is 3.42. The van der Waals surface area contributed by atoms with Crippen molar-refractivity contribution in [3.05, 3.63) is 0 Å². The number of ether oxygens (including phenoxy) is 1. The maximum absolute atomic E-state index is 5.90. The first kappa shape index (κ1) is 11.0. The largest absolute Gasteiger partial charge is 0.374 e. The van der Waals surface area contributed by atoms with Gasteiger partial charge in [0.1, 0.15) is 0 Å². The van der Waals surface area contributed by atoms with E-state index in [2.05, 4.69) is 13.8 Å². The van der Waals surface area contributed by atoms with E-state index in [9.17, 15) is 0 Å². The number of rotatable bonds is 4. The van der Waals surface area contributed by atoms with Crippen molar-refractivity contribution in [1.82, 2.24) is 0 Å². The highest BCUT2D eigenvalue weighted by Crippen LogP contribution is 2.37. The fourth-order valence-electron chi connectivity index (χ4n) is 2.66. The molecule has 0 bridgehead atoms. The monoisotopic (exact) mass is 185 g/mol. The first-order valence-corrected chi connectivity index (χ1v) is 5.63. The predicted molar refractivity (Wildman–Crippen MR) is 55.7 cm³/mol. The van der Waals surface area contributed by atoms with Crippen LogP contribution >= 0.6 is 0 Å². The van der Waals surface area contributed by atoms with Crippen LogP contribution in [0.15, 0.2) is 0 Å². The van der Waals surface area contributed by atoms with Gasteiger partial charge < -0.3 is 10.5 Å². The van der Waals surface area contributed by atoms with Crippen LogP contribution in [0.3, 0.4) is 0 Å². The molecule has 0 heterocycles. The zero-order valence-corrected chi connectivity index (χ0v) is 9.01. The number of nitrogens with two attached hydrogens (primary N) is 1. The van der Waals surface area contributed by atoms with Gasteiger partial charge in [-0.3, -0.25) is 0 Å². The first-order valence-electron chi connectivity index (χ1n) is 5.63. The van der Waals surface area contributed by atoms with Crippen LogP contribution in [0.2, 0.25) is 0 Å². The molecule has 1 aliphatic carbocycles. The van der Waals surface area contributed by atoms with Crippen LogP contribution in [0, 0.1) is 5.92 Å². The third kappa shape index (κ3) is 2.23. The van der Waals surface area contributed by atoms with Gasteiger partial charge in [-0.25, -0.2) is 0 Å². The van der Waals surface area contributed by atoms with Crippen molar-refractivity contribution in [3.63, 3.8) is 0 Å². The second-order valence-electron chi connectivity index (χ2n) is 4.05. The summed E-state index contributed by atoms with van der Waals surface area (Å²) >= 11 is 0. The Morgan fingerprint density at radius 1 is 1.38 bits per heavy atom. The van der Waals surface area contributed by atoms with E-state index in [-0.39, 0.29) is 5.60 Å². The summed E-state index contributed by atoms with van der Waals surface area (Å²) in [5.41, 5.74) is 5.88. The van der Waals surface area contributed by atoms with Gasteiger partial charge in [0.15, 0.2) is 0 Å². The summed E-state index contributed by atoms with van der Waals surface area (Å²) in [6.45, 7) is 5.81. The van der Waals surface area contributed by atoms with Gasteiger partial charge in [0.25, 0.3) is 0 Å². The number of hydrogen-bond acceptors (Lipinski definition) is 2. The first-order chi connectivity index (χ1) is 6.29. The Labute approximate surface area is 81.8 Å². The van der Waals surface area contributed by atoms with E-state index < -0.39 is 0 Å². The van der Waals surface area contributed by atoms with E-state index in [0.717, 1.165) is 13.0 Å². The maximum Gasteiger partial charge on any atom is 0.0831 e. The zero-order chi connectivity index (χ0) is 9.73. The Kier molecular flexibility index (Phi) is 4.20. The van der Waals surface area contributed by atoms with Gasteiger partial charge in [-0.15, -0.1) is 0 Å². The molecule has 0 aromatic heterocycles. The molecule has 1 saturated carbocycles. The smallest absolute Gasteiger partial charge is 0.0831 e. The van der Waals surface area contributed by atoms with Crippen LogP contribution in [0.4, 0.5) is 0 Å². The van der Waals surface area contributed by atoms with Gasteiger partial charge >= 0.3 is 0 Å². The minimum absolute atomic E-state index is 0.0156. The van der Waals surface area contributed by atoms with Gasteiger partial charge in [0.05, 0.1) is 5.60 Å². The topological polar surface area (TPSA) is 35.2 Å². The van der Waals surface area contributed by atoms with Gasteiger partial charge in [-0.2, -0.15) is 0 Å². The lowest BCUT2D eigenvalue weighted by molar-refractivity contribution is -0.0981. The van der Waals surface area contributed by atoms with Crippen LogP contribution < -0.4 is 5.73 Å². The lowest BCUT2D eigenvalue weighted by Crippen LogP contribution is -2.49. The molecule has 0 aromatic carbocycles. The van der Waals surface area contributed by atoms with Crippen molar-refractivity contribution >= 4 is 0 Å². The molecular formula is C11H23NO. The molecule has 0 amide bonds. The number of hydrogen-bond donors (Lipinski definition) is 1. The minimum atomic E-state index is 0.0156. The molecule has 0 radical (unpaired) electrons. The molecular weight excluding hydrogens is 162 g/mol. The van der Waals surface area contributed by atoms with Crippen molar-refractivity contribution < 1.29 is 4.74 Å². The molecule has 13 heavy (non-hydrogen) atoms. The van der Waals surface area contributed by atoms with E-state index in [1.165, 1.54) is 25.7 Å². The van der Waals surface area contributed by atoms with Crippen molar-refractivity contribution in [2.24, 2.45) is 11.7 Å². The molecule has 78 valence electrons.